The van der Waals surface area contributed by atoms with Crippen LogP contribution in [0.5, 0.6) is 0 Å². The molecule has 0 aromatic heterocycles. The van der Waals surface area contributed by atoms with Gasteiger partial charge in [0.2, 0.25) is 0 Å². The van der Waals surface area contributed by atoms with Crippen molar-refractivity contribution in [2.75, 3.05) is 6.61 Å². The minimum Gasteiger partial charge on any atom is -0.461 e. The zero-order valence-corrected chi connectivity index (χ0v) is 9.12. The number of hydrogen-bond acceptors (Lipinski definition) is 4. The first kappa shape index (κ1) is 13.7. The van der Waals surface area contributed by atoms with Crippen LogP contribution in [-0.2, 0) is 9.53 Å². The molecule has 0 saturated carbocycles. The Morgan fingerprint density at radius 2 is 2.20 bits per heavy atom. The van der Waals surface area contributed by atoms with Gasteiger partial charge >= 0.3 is 5.97 Å². The minimum atomic E-state index is -0.631. The van der Waals surface area contributed by atoms with Gasteiger partial charge < -0.3 is 9.84 Å². The van der Waals surface area contributed by atoms with Crippen molar-refractivity contribution in [2.24, 2.45) is 0 Å². The van der Waals surface area contributed by atoms with E-state index in [0.29, 0.717) is 18.4 Å². The van der Waals surface area contributed by atoms with E-state index in [4.69, 9.17) is 15.1 Å². The SMILES string of the molecule is [CH2]CC(O)CCOC(=O)C(C#N)=C(C)C. The molecule has 0 aromatic carbocycles. The van der Waals surface area contributed by atoms with Crippen LogP contribution in [0.4, 0.5) is 0 Å². The number of aliphatic hydroxyl groups is 1. The Kier molecular flexibility index (Phi) is 6.39. The zero-order chi connectivity index (χ0) is 11.8. The quantitative estimate of drug-likeness (QED) is 0.422. The summed E-state index contributed by atoms with van der Waals surface area (Å²) in [4.78, 5) is 11.3. The minimum absolute atomic E-state index is 0.0270. The van der Waals surface area contributed by atoms with Crippen molar-refractivity contribution in [1.29, 1.82) is 5.26 Å². The molecular formula is C11H16NO3. The summed E-state index contributed by atoms with van der Waals surface area (Å²) in [6, 6.07) is 1.78. The van der Waals surface area contributed by atoms with Crippen molar-refractivity contribution >= 4 is 5.97 Å². The van der Waals surface area contributed by atoms with Crippen molar-refractivity contribution < 1.29 is 14.6 Å². The Bertz CT molecular complexity index is 285. The maximum Gasteiger partial charge on any atom is 0.348 e. The van der Waals surface area contributed by atoms with Gasteiger partial charge in [-0.15, -0.1) is 0 Å². The van der Waals surface area contributed by atoms with Crippen LogP contribution in [-0.4, -0.2) is 23.8 Å². The molecule has 1 unspecified atom stereocenters. The summed E-state index contributed by atoms with van der Waals surface area (Å²) in [5, 5.41) is 17.8. The molecule has 0 heterocycles. The molecule has 83 valence electrons. The number of hydrogen-bond donors (Lipinski definition) is 1. The Morgan fingerprint density at radius 1 is 1.60 bits per heavy atom. The Balaban J connectivity index is 4.06. The Hall–Kier alpha value is -1.34. The van der Waals surface area contributed by atoms with E-state index < -0.39 is 12.1 Å². The van der Waals surface area contributed by atoms with E-state index in [1.54, 1.807) is 19.9 Å². The van der Waals surface area contributed by atoms with Crippen molar-refractivity contribution in [3.63, 3.8) is 0 Å². The molecule has 0 aliphatic rings. The highest BCUT2D eigenvalue weighted by Gasteiger charge is 2.12. The molecule has 0 rings (SSSR count). The molecule has 4 heteroatoms. The molecule has 0 aliphatic heterocycles. The summed E-state index contributed by atoms with van der Waals surface area (Å²) in [6.07, 6.45) is 0.164. The number of allylic oxidation sites excluding steroid dienone is 1. The largest absolute Gasteiger partial charge is 0.461 e. The average Bonchev–Trinajstić information content (AvgIpc) is 2.17. The van der Waals surface area contributed by atoms with Crippen LogP contribution in [0, 0.1) is 18.3 Å². The maximum atomic E-state index is 11.3. The van der Waals surface area contributed by atoms with Gasteiger partial charge in [0.15, 0.2) is 0 Å². The van der Waals surface area contributed by atoms with Crippen LogP contribution in [0.3, 0.4) is 0 Å². The third kappa shape index (κ3) is 5.18. The summed E-state index contributed by atoms with van der Waals surface area (Å²) in [5.41, 5.74) is 0.652. The van der Waals surface area contributed by atoms with Gasteiger partial charge in [-0.1, -0.05) is 12.5 Å². The van der Waals surface area contributed by atoms with E-state index in [-0.39, 0.29) is 12.2 Å². The predicted molar refractivity (Wildman–Crippen MR) is 55.5 cm³/mol. The number of carbonyl (C=O) groups is 1. The fraction of sp³-hybridized carbons (Fsp3) is 0.545. The van der Waals surface area contributed by atoms with E-state index in [0.717, 1.165) is 0 Å². The van der Waals surface area contributed by atoms with Gasteiger partial charge in [0.05, 0.1) is 12.7 Å². The molecule has 15 heavy (non-hydrogen) atoms. The van der Waals surface area contributed by atoms with Crippen molar-refractivity contribution in [3.8, 4) is 6.07 Å². The number of nitriles is 1. The highest BCUT2D eigenvalue weighted by atomic mass is 16.5. The zero-order valence-electron chi connectivity index (χ0n) is 9.12. The highest BCUT2D eigenvalue weighted by molar-refractivity contribution is 5.93. The first-order valence-corrected chi connectivity index (χ1v) is 4.75. The predicted octanol–water partition coefficient (Wildman–Crippen LogP) is 1.36. The molecule has 0 fully saturated rings. The van der Waals surface area contributed by atoms with Crippen LogP contribution in [0.15, 0.2) is 11.1 Å². The topological polar surface area (TPSA) is 70.3 Å². The highest BCUT2D eigenvalue weighted by Crippen LogP contribution is 2.05. The molecule has 1 N–H and O–H groups in total. The fourth-order valence-corrected chi connectivity index (χ4v) is 0.866. The first-order chi connectivity index (χ1) is 7.02. The number of nitrogens with zero attached hydrogens (tertiary/aromatic N) is 1. The monoisotopic (exact) mass is 210 g/mol. The van der Waals surface area contributed by atoms with Gasteiger partial charge in [0.1, 0.15) is 11.6 Å². The number of carbonyl (C=O) groups excluding carboxylic acids is 1. The summed E-state index contributed by atoms with van der Waals surface area (Å²) >= 11 is 0. The molecular weight excluding hydrogens is 194 g/mol. The lowest BCUT2D eigenvalue weighted by atomic mass is 10.2. The molecule has 4 nitrogen and oxygen atoms in total. The van der Waals surface area contributed by atoms with Crippen molar-refractivity contribution in [1.82, 2.24) is 0 Å². The molecule has 0 aliphatic carbocycles. The van der Waals surface area contributed by atoms with Gasteiger partial charge in [-0.25, -0.2) is 4.79 Å². The van der Waals surface area contributed by atoms with Crippen LogP contribution < -0.4 is 0 Å². The molecule has 0 amide bonds. The molecule has 1 radical (unpaired) electrons. The second-order valence-electron chi connectivity index (χ2n) is 3.35. The molecule has 0 bridgehead atoms. The molecule has 0 aromatic rings. The van der Waals surface area contributed by atoms with E-state index >= 15 is 0 Å². The second kappa shape index (κ2) is 7.02. The second-order valence-corrected chi connectivity index (χ2v) is 3.35. The third-order valence-corrected chi connectivity index (χ3v) is 1.83. The van der Waals surface area contributed by atoms with Crippen LogP contribution >= 0.6 is 0 Å². The normalized spacial score (nSPS) is 11.4. The lowest BCUT2D eigenvalue weighted by Crippen LogP contribution is -2.14. The molecule has 0 saturated heterocycles. The van der Waals surface area contributed by atoms with E-state index in [1.807, 2.05) is 0 Å². The van der Waals surface area contributed by atoms with E-state index in [9.17, 15) is 4.79 Å². The summed E-state index contributed by atoms with van der Waals surface area (Å²) in [6.45, 7) is 6.96. The summed E-state index contributed by atoms with van der Waals surface area (Å²) in [5.74, 6) is -0.631. The maximum absolute atomic E-state index is 11.3. The van der Waals surface area contributed by atoms with Gasteiger partial charge in [-0.3, -0.25) is 0 Å². The van der Waals surface area contributed by atoms with Crippen LogP contribution in [0.2, 0.25) is 0 Å². The van der Waals surface area contributed by atoms with Gasteiger partial charge in [-0.2, -0.15) is 5.26 Å². The Labute approximate surface area is 90.2 Å². The summed E-state index contributed by atoms with van der Waals surface area (Å²) in [7, 11) is 0. The number of rotatable bonds is 5. The summed E-state index contributed by atoms with van der Waals surface area (Å²) < 4.78 is 4.82. The third-order valence-electron chi connectivity index (χ3n) is 1.83. The van der Waals surface area contributed by atoms with E-state index in [2.05, 4.69) is 6.92 Å². The standard InChI is InChI=1S/C11H16NO3/c1-4-9(13)5-6-15-11(14)10(7-12)8(2)3/h9,13H,1,4-6H2,2-3H3. The lowest BCUT2D eigenvalue weighted by Gasteiger charge is -2.08. The van der Waals surface area contributed by atoms with Crippen molar-refractivity contribution in [2.45, 2.75) is 32.8 Å². The fourth-order valence-electron chi connectivity index (χ4n) is 0.866. The van der Waals surface area contributed by atoms with E-state index in [1.165, 1.54) is 0 Å². The molecule has 1 atom stereocenters. The number of esters is 1. The van der Waals surface area contributed by atoms with Crippen LogP contribution in [0.25, 0.3) is 0 Å². The number of ether oxygens (including phenoxy) is 1. The van der Waals surface area contributed by atoms with Gasteiger partial charge in [-0.05, 0) is 20.3 Å². The molecule has 0 spiro atoms. The average molecular weight is 210 g/mol. The van der Waals surface area contributed by atoms with Crippen molar-refractivity contribution in [3.05, 3.63) is 18.1 Å². The lowest BCUT2D eigenvalue weighted by molar-refractivity contribution is -0.139. The Morgan fingerprint density at radius 3 is 2.60 bits per heavy atom. The smallest absolute Gasteiger partial charge is 0.348 e. The first-order valence-electron chi connectivity index (χ1n) is 4.75. The van der Waals surface area contributed by atoms with Gasteiger partial charge in [0, 0.05) is 6.42 Å². The number of aliphatic hydroxyl groups excluding tert-OH is 1. The van der Waals surface area contributed by atoms with Crippen LogP contribution in [0.1, 0.15) is 26.7 Å². The van der Waals surface area contributed by atoms with Gasteiger partial charge in [0.25, 0.3) is 0 Å².